The van der Waals surface area contributed by atoms with Crippen molar-refractivity contribution in [2.24, 2.45) is 5.92 Å². The largest absolute Gasteiger partial charge is 0.493 e. The molecule has 2 aromatic rings. The first kappa shape index (κ1) is 21.0. The Morgan fingerprint density at radius 3 is 2.19 bits per heavy atom. The van der Waals surface area contributed by atoms with E-state index in [9.17, 15) is 9.90 Å². The lowest BCUT2D eigenvalue weighted by molar-refractivity contribution is -0.123. The Kier molecular flexibility index (Phi) is 7.86. The molecule has 0 aromatic heterocycles. The van der Waals surface area contributed by atoms with E-state index in [0.29, 0.717) is 12.5 Å². The summed E-state index contributed by atoms with van der Waals surface area (Å²) in [6.45, 7) is 8.53. The molecule has 146 valence electrons. The lowest BCUT2D eigenvalue weighted by atomic mass is 9.97. The first-order chi connectivity index (χ1) is 12.9. The normalized spacial score (nSPS) is 15.4. The number of hydrogen-bond acceptors (Lipinski definition) is 3. The molecule has 0 aliphatic rings. The molecule has 4 atom stereocenters. The second-order valence-corrected chi connectivity index (χ2v) is 7.25. The maximum Gasteiger partial charge on any atom is 0.227 e. The van der Waals surface area contributed by atoms with Crippen LogP contribution in [-0.2, 0) is 4.79 Å². The molecule has 27 heavy (non-hydrogen) atoms. The molecule has 0 radical (unpaired) electrons. The number of aliphatic hydroxyl groups is 1. The molecule has 0 fully saturated rings. The van der Waals surface area contributed by atoms with E-state index in [4.69, 9.17) is 4.74 Å². The van der Waals surface area contributed by atoms with Gasteiger partial charge in [-0.05, 0) is 43.0 Å². The van der Waals surface area contributed by atoms with Crippen LogP contribution in [0.3, 0.4) is 0 Å². The molecule has 0 spiro atoms. The second kappa shape index (κ2) is 10.1. The summed E-state index contributed by atoms with van der Waals surface area (Å²) in [5, 5.41) is 13.2. The van der Waals surface area contributed by atoms with E-state index in [0.717, 1.165) is 23.3 Å². The van der Waals surface area contributed by atoms with Crippen LogP contribution in [0.15, 0.2) is 54.6 Å². The Morgan fingerprint density at radius 2 is 1.63 bits per heavy atom. The van der Waals surface area contributed by atoms with Gasteiger partial charge >= 0.3 is 0 Å². The van der Waals surface area contributed by atoms with E-state index in [2.05, 4.69) is 19.2 Å². The van der Waals surface area contributed by atoms with Gasteiger partial charge in [-0.1, -0.05) is 62.7 Å². The summed E-state index contributed by atoms with van der Waals surface area (Å²) in [5.74, 6) is 0.913. The lowest BCUT2D eigenvalue weighted by Crippen LogP contribution is -2.37. The Balaban J connectivity index is 2.05. The third kappa shape index (κ3) is 6.10. The molecular formula is C23H31NO3. The topological polar surface area (TPSA) is 58.6 Å². The van der Waals surface area contributed by atoms with E-state index < -0.39 is 12.1 Å². The molecular weight excluding hydrogens is 338 g/mol. The molecule has 2 aromatic carbocycles. The summed E-state index contributed by atoms with van der Waals surface area (Å²) < 4.78 is 5.78. The fourth-order valence-corrected chi connectivity index (χ4v) is 2.78. The molecule has 4 nitrogen and oxygen atoms in total. The number of hydrogen-bond donors (Lipinski definition) is 2. The summed E-state index contributed by atoms with van der Waals surface area (Å²) >= 11 is 0. The van der Waals surface area contributed by atoms with Gasteiger partial charge in [-0.15, -0.1) is 0 Å². The summed E-state index contributed by atoms with van der Waals surface area (Å²) in [6.07, 6.45) is 0.372. The summed E-state index contributed by atoms with van der Waals surface area (Å²) in [5.41, 5.74) is 1.81. The monoisotopic (exact) mass is 369 g/mol. The second-order valence-electron chi connectivity index (χ2n) is 7.25. The van der Waals surface area contributed by atoms with E-state index in [-0.39, 0.29) is 11.8 Å². The molecule has 0 unspecified atom stereocenters. The first-order valence-corrected chi connectivity index (χ1v) is 9.68. The first-order valence-electron chi connectivity index (χ1n) is 9.68. The van der Waals surface area contributed by atoms with Gasteiger partial charge in [0.25, 0.3) is 0 Å². The van der Waals surface area contributed by atoms with Gasteiger partial charge in [-0.3, -0.25) is 4.79 Å². The van der Waals surface area contributed by atoms with Crippen molar-refractivity contribution in [1.29, 1.82) is 0 Å². The standard InChI is InChI=1S/C23H31NO3/c1-5-16(2)15-27-21-13-11-20(12-14-21)22(18(4)25)24-23(26)17(3)19-9-7-6-8-10-19/h6-14,16-18,22,25H,5,15H2,1-4H3,(H,24,26)/t16-,17-,18+,22-/m0/s1. The van der Waals surface area contributed by atoms with E-state index in [1.54, 1.807) is 6.92 Å². The molecule has 0 heterocycles. The predicted molar refractivity (Wildman–Crippen MR) is 109 cm³/mol. The van der Waals surface area contributed by atoms with Gasteiger partial charge in [-0.25, -0.2) is 0 Å². The van der Waals surface area contributed by atoms with Gasteiger partial charge in [0.1, 0.15) is 5.75 Å². The third-order valence-electron chi connectivity index (χ3n) is 4.94. The van der Waals surface area contributed by atoms with Crippen LogP contribution in [0.4, 0.5) is 0 Å². The average molecular weight is 370 g/mol. The number of ether oxygens (including phenoxy) is 1. The van der Waals surface area contributed by atoms with Crippen molar-refractivity contribution < 1.29 is 14.6 Å². The van der Waals surface area contributed by atoms with E-state index in [1.165, 1.54) is 0 Å². The smallest absolute Gasteiger partial charge is 0.227 e. The Bertz CT molecular complexity index is 697. The Hall–Kier alpha value is -2.33. The van der Waals surface area contributed by atoms with Gasteiger partial charge in [0.2, 0.25) is 5.91 Å². The summed E-state index contributed by atoms with van der Waals surface area (Å²) in [6, 6.07) is 16.8. The van der Waals surface area contributed by atoms with Gasteiger partial charge in [-0.2, -0.15) is 0 Å². The zero-order valence-electron chi connectivity index (χ0n) is 16.7. The highest BCUT2D eigenvalue weighted by Crippen LogP contribution is 2.23. The van der Waals surface area contributed by atoms with Crippen molar-refractivity contribution in [3.63, 3.8) is 0 Å². The van der Waals surface area contributed by atoms with Gasteiger partial charge in [0, 0.05) is 0 Å². The van der Waals surface area contributed by atoms with Crippen molar-refractivity contribution in [2.75, 3.05) is 6.61 Å². The zero-order chi connectivity index (χ0) is 19.8. The number of carbonyl (C=O) groups excluding carboxylic acids is 1. The molecule has 0 saturated carbocycles. The fourth-order valence-electron chi connectivity index (χ4n) is 2.78. The number of rotatable bonds is 9. The molecule has 0 aliphatic heterocycles. The van der Waals surface area contributed by atoms with E-state index >= 15 is 0 Å². The van der Waals surface area contributed by atoms with Crippen LogP contribution in [0, 0.1) is 5.92 Å². The van der Waals surface area contributed by atoms with Gasteiger partial charge in [0.15, 0.2) is 0 Å². The number of carbonyl (C=O) groups is 1. The zero-order valence-corrected chi connectivity index (χ0v) is 16.7. The van der Waals surface area contributed by atoms with Crippen molar-refractivity contribution >= 4 is 5.91 Å². The van der Waals surface area contributed by atoms with Crippen molar-refractivity contribution in [3.8, 4) is 5.75 Å². The van der Waals surface area contributed by atoms with Crippen LogP contribution in [0.2, 0.25) is 0 Å². The van der Waals surface area contributed by atoms with Crippen molar-refractivity contribution in [2.45, 2.75) is 52.2 Å². The fraction of sp³-hybridized carbons (Fsp3) is 0.435. The van der Waals surface area contributed by atoms with Crippen LogP contribution in [0.5, 0.6) is 5.75 Å². The molecule has 2 rings (SSSR count). The third-order valence-corrected chi connectivity index (χ3v) is 4.94. The summed E-state index contributed by atoms with van der Waals surface area (Å²) in [7, 11) is 0. The molecule has 1 amide bonds. The van der Waals surface area contributed by atoms with E-state index in [1.807, 2.05) is 61.5 Å². The Morgan fingerprint density at radius 1 is 1.00 bits per heavy atom. The minimum atomic E-state index is -0.705. The molecule has 0 bridgehead atoms. The molecule has 0 aliphatic carbocycles. The number of aliphatic hydroxyl groups excluding tert-OH is 1. The minimum Gasteiger partial charge on any atom is -0.493 e. The highest BCUT2D eigenvalue weighted by Gasteiger charge is 2.23. The maximum absolute atomic E-state index is 12.7. The minimum absolute atomic E-state index is 0.107. The van der Waals surface area contributed by atoms with Crippen molar-refractivity contribution in [3.05, 3.63) is 65.7 Å². The van der Waals surface area contributed by atoms with Crippen LogP contribution in [0.25, 0.3) is 0 Å². The number of benzene rings is 2. The van der Waals surface area contributed by atoms with Crippen LogP contribution in [-0.4, -0.2) is 23.7 Å². The predicted octanol–water partition coefficient (Wildman–Crippen LogP) is 4.45. The average Bonchev–Trinajstić information content (AvgIpc) is 2.70. The maximum atomic E-state index is 12.7. The highest BCUT2D eigenvalue weighted by molar-refractivity contribution is 5.83. The molecule has 0 saturated heterocycles. The SMILES string of the molecule is CC[C@H](C)COc1ccc([C@@H](NC(=O)[C@@H](C)c2ccccc2)[C@@H](C)O)cc1. The molecule has 4 heteroatoms. The van der Waals surface area contributed by atoms with Crippen LogP contribution >= 0.6 is 0 Å². The molecule has 2 N–H and O–H groups in total. The lowest BCUT2D eigenvalue weighted by Gasteiger charge is -2.24. The number of amides is 1. The Labute approximate surface area is 162 Å². The summed E-state index contributed by atoms with van der Waals surface area (Å²) in [4.78, 5) is 12.7. The number of nitrogens with one attached hydrogen (secondary N) is 1. The highest BCUT2D eigenvalue weighted by atomic mass is 16.5. The van der Waals surface area contributed by atoms with Crippen LogP contribution in [0.1, 0.15) is 57.2 Å². The quantitative estimate of drug-likeness (QED) is 0.686. The van der Waals surface area contributed by atoms with Crippen molar-refractivity contribution in [1.82, 2.24) is 5.32 Å². The van der Waals surface area contributed by atoms with Crippen LogP contribution < -0.4 is 10.1 Å². The van der Waals surface area contributed by atoms with Gasteiger partial charge in [0.05, 0.1) is 24.7 Å². The van der Waals surface area contributed by atoms with Gasteiger partial charge < -0.3 is 15.2 Å².